The second kappa shape index (κ2) is 6.56. The molecule has 6 heteroatoms. The van der Waals surface area contributed by atoms with Crippen LogP contribution in [-0.4, -0.2) is 52.5 Å². The molecule has 0 bridgehead atoms. The van der Waals surface area contributed by atoms with Crippen molar-refractivity contribution in [3.8, 4) is 0 Å². The Morgan fingerprint density at radius 3 is 2.65 bits per heavy atom. The van der Waals surface area contributed by atoms with Gasteiger partial charge in [-0.15, -0.1) is 0 Å². The molecule has 1 N–H and O–H groups in total. The third-order valence-corrected chi connectivity index (χ3v) is 5.00. The van der Waals surface area contributed by atoms with E-state index < -0.39 is 11.9 Å². The van der Waals surface area contributed by atoms with E-state index in [2.05, 4.69) is 9.88 Å². The number of rotatable bonds is 3. The van der Waals surface area contributed by atoms with E-state index in [4.69, 9.17) is 0 Å². The first kappa shape index (κ1) is 15.8. The number of pyridine rings is 1. The van der Waals surface area contributed by atoms with Crippen LogP contribution in [0.1, 0.15) is 43.1 Å². The van der Waals surface area contributed by atoms with Gasteiger partial charge in [-0.1, -0.05) is 0 Å². The molecule has 23 heavy (non-hydrogen) atoms. The molecule has 2 aliphatic heterocycles. The lowest BCUT2D eigenvalue weighted by Gasteiger charge is -2.37. The number of hydrogen-bond acceptors (Lipinski definition) is 4. The maximum atomic E-state index is 12.8. The zero-order valence-electron chi connectivity index (χ0n) is 13.4. The van der Waals surface area contributed by atoms with E-state index in [0.29, 0.717) is 18.7 Å². The molecule has 3 heterocycles. The molecule has 0 aromatic carbocycles. The van der Waals surface area contributed by atoms with Crippen LogP contribution in [0.25, 0.3) is 0 Å². The van der Waals surface area contributed by atoms with Gasteiger partial charge in [0.2, 0.25) is 0 Å². The van der Waals surface area contributed by atoms with Gasteiger partial charge < -0.3 is 14.9 Å². The van der Waals surface area contributed by atoms with Crippen LogP contribution < -0.4 is 4.90 Å². The summed E-state index contributed by atoms with van der Waals surface area (Å²) in [4.78, 5) is 32.3. The topological polar surface area (TPSA) is 73.7 Å². The van der Waals surface area contributed by atoms with Crippen LogP contribution in [0.4, 0.5) is 5.69 Å². The molecule has 2 saturated heterocycles. The van der Waals surface area contributed by atoms with Gasteiger partial charge in [-0.2, -0.15) is 0 Å². The molecule has 2 atom stereocenters. The number of nitrogens with zero attached hydrogens (tertiary/aromatic N) is 3. The largest absolute Gasteiger partial charge is 0.481 e. The Labute approximate surface area is 136 Å². The SMILES string of the molecule is C[C@@H]1[C@H](C(=O)O)CCCN1C(=O)c1cc(N2CCCC2)ccn1. The van der Waals surface area contributed by atoms with Gasteiger partial charge in [0.15, 0.2) is 0 Å². The Kier molecular flexibility index (Phi) is 4.50. The third kappa shape index (κ3) is 3.16. The summed E-state index contributed by atoms with van der Waals surface area (Å²) in [7, 11) is 0. The standard InChI is InChI=1S/C17H23N3O3/c1-12-14(17(22)23)5-4-10-20(12)16(21)15-11-13(6-7-18-15)19-8-2-3-9-19/h6-7,11-12,14H,2-5,8-10H2,1H3,(H,22,23)/t12-,14-/m1/s1. The summed E-state index contributed by atoms with van der Waals surface area (Å²) < 4.78 is 0. The van der Waals surface area contributed by atoms with E-state index in [1.54, 1.807) is 11.1 Å². The minimum atomic E-state index is -0.825. The van der Waals surface area contributed by atoms with E-state index in [9.17, 15) is 14.7 Å². The van der Waals surface area contributed by atoms with E-state index in [0.717, 1.165) is 25.2 Å². The molecule has 0 saturated carbocycles. The molecule has 0 radical (unpaired) electrons. The van der Waals surface area contributed by atoms with Crippen molar-refractivity contribution in [2.75, 3.05) is 24.5 Å². The molecular formula is C17H23N3O3. The number of likely N-dealkylation sites (tertiary alicyclic amines) is 1. The lowest BCUT2D eigenvalue weighted by Crippen LogP contribution is -2.49. The fourth-order valence-electron chi connectivity index (χ4n) is 3.62. The van der Waals surface area contributed by atoms with Gasteiger partial charge in [-0.05, 0) is 44.7 Å². The molecule has 1 amide bonds. The maximum Gasteiger partial charge on any atom is 0.308 e. The number of piperidine rings is 1. The van der Waals surface area contributed by atoms with Gasteiger partial charge >= 0.3 is 5.97 Å². The Morgan fingerprint density at radius 2 is 1.96 bits per heavy atom. The van der Waals surface area contributed by atoms with E-state index in [1.165, 1.54) is 12.8 Å². The molecule has 0 unspecified atom stereocenters. The minimum Gasteiger partial charge on any atom is -0.481 e. The molecule has 1 aromatic heterocycles. The predicted molar refractivity (Wildman–Crippen MR) is 86.5 cm³/mol. The normalized spacial score (nSPS) is 24.7. The van der Waals surface area contributed by atoms with Crippen LogP contribution in [0.2, 0.25) is 0 Å². The first-order chi connectivity index (χ1) is 11.1. The number of amides is 1. The second-order valence-electron chi connectivity index (χ2n) is 6.42. The number of anilines is 1. The van der Waals surface area contributed by atoms with Crippen LogP contribution >= 0.6 is 0 Å². The van der Waals surface area contributed by atoms with Crippen molar-refractivity contribution < 1.29 is 14.7 Å². The molecule has 6 nitrogen and oxygen atoms in total. The zero-order valence-corrected chi connectivity index (χ0v) is 13.4. The fourth-order valence-corrected chi connectivity index (χ4v) is 3.62. The lowest BCUT2D eigenvalue weighted by atomic mass is 9.90. The highest BCUT2D eigenvalue weighted by Crippen LogP contribution is 2.26. The molecule has 124 valence electrons. The summed E-state index contributed by atoms with van der Waals surface area (Å²) in [5, 5.41) is 9.31. The summed E-state index contributed by atoms with van der Waals surface area (Å²) in [6.07, 6.45) is 5.37. The minimum absolute atomic E-state index is 0.163. The number of carboxylic acid groups (broad SMARTS) is 1. The van der Waals surface area contributed by atoms with E-state index >= 15 is 0 Å². The van der Waals surface area contributed by atoms with E-state index in [-0.39, 0.29) is 11.9 Å². The van der Waals surface area contributed by atoms with Crippen molar-refractivity contribution in [1.82, 2.24) is 9.88 Å². The number of carboxylic acids is 1. The van der Waals surface area contributed by atoms with Gasteiger partial charge in [0.1, 0.15) is 5.69 Å². The summed E-state index contributed by atoms with van der Waals surface area (Å²) in [6.45, 7) is 4.44. The van der Waals surface area contributed by atoms with Gasteiger partial charge in [0, 0.05) is 37.6 Å². The van der Waals surface area contributed by atoms with Crippen molar-refractivity contribution in [1.29, 1.82) is 0 Å². The Balaban J connectivity index is 1.79. The van der Waals surface area contributed by atoms with Gasteiger partial charge in [0.25, 0.3) is 5.91 Å². The summed E-state index contributed by atoms with van der Waals surface area (Å²) in [5.74, 6) is -1.48. The quantitative estimate of drug-likeness (QED) is 0.923. The van der Waals surface area contributed by atoms with Crippen molar-refractivity contribution in [2.24, 2.45) is 5.92 Å². The van der Waals surface area contributed by atoms with Crippen LogP contribution in [0, 0.1) is 5.92 Å². The molecular weight excluding hydrogens is 294 g/mol. The van der Waals surface area contributed by atoms with Crippen molar-refractivity contribution in [3.63, 3.8) is 0 Å². The van der Waals surface area contributed by atoms with Crippen molar-refractivity contribution >= 4 is 17.6 Å². The van der Waals surface area contributed by atoms with Gasteiger partial charge in [0.05, 0.1) is 5.92 Å². The van der Waals surface area contributed by atoms with Crippen LogP contribution in [0.3, 0.4) is 0 Å². The van der Waals surface area contributed by atoms with Gasteiger partial charge in [-0.3, -0.25) is 14.6 Å². The first-order valence-corrected chi connectivity index (χ1v) is 8.32. The van der Waals surface area contributed by atoms with Crippen molar-refractivity contribution in [3.05, 3.63) is 24.0 Å². The molecule has 0 aliphatic carbocycles. The van der Waals surface area contributed by atoms with E-state index in [1.807, 2.05) is 19.1 Å². The second-order valence-corrected chi connectivity index (χ2v) is 6.42. The maximum absolute atomic E-state index is 12.8. The molecule has 1 aromatic rings. The Morgan fingerprint density at radius 1 is 1.22 bits per heavy atom. The zero-order chi connectivity index (χ0) is 16.4. The van der Waals surface area contributed by atoms with Crippen LogP contribution in [0.15, 0.2) is 18.3 Å². The fraction of sp³-hybridized carbons (Fsp3) is 0.588. The summed E-state index contributed by atoms with van der Waals surface area (Å²) in [6, 6.07) is 3.47. The average Bonchev–Trinajstić information content (AvgIpc) is 3.09. The first-order valence-electron chi connectivity index (χ1n) is 8.32. The monoisotopic (exact) mass is 317 g/mol. The highest BCUT2D eigenvalue weighted by Gasteiger charge is 2.36. The summed E-state index contributed by atoms with van der Waals surface area (Å²) in [5.41, 5.74) is 1.44. The Bertz CT molecular complexity index is 599. The predicted octanol–water partition coefficient (Wildman–Crippen LogP) is 2.01. The van der Waals surface area contributed by atoms with Gasteiger partial charge in [-0.25, -0.2) is 0 Å². The Hall–Kier alpha value is -2.11. The van der Waals surface area contributed by atoms with Crippen LogP contribution in [0.5, 0.6) is 0 Å². The highest BCUT2D eigenvalue weighted by atomic mass is 16.4. The molecule has 0 spiro atoms. The number of carbonyl (C=O) groups excluding carboxylic acids is 1. The highest BCUT2D eigenvalue weighted by molar-refractivity contribution is 5.94. The smallest absolute Gasteiger partial charge is 0.308 e. The molecule has 2 aliphatic rings. The summed E-state index contributed by atoms with van der Waals surface area (Å²) >= 11 is 0. The number of carbonyl (C=O) groups is 2. The average molecular weight is 317 g/mol. The van der Waals surface area contributed by atoms with Crippen LogP contribution in [-0.2, 0) is 4.79 Å². The number of hydrogen-bond donors (Lipinski definition) is 1. The number of aliphatic carboxylic acids is 1. The van der Waals surface area contributed by atoms with Crippen molar-refractivity contribution in [2.45, 2.75) is 38.6 Å². The molecule has 3 rings (SSSR count). The third-order valence-electron chi connectivity index (χ3n) is 5.00. The lowest BCUT2D eigenvalue weighted by molar-refractivity contribution is -0.144. The number of aromatic nitrogens is 1. The molecule has 2 fully saturated rings.